The maximum atomic E-state index is 10.9. The van der Waals surface area contributed by atoms with Crippen LogP contribution in [0.4, 0.5) is 28.4 Å². The van der Waals surface area contributed by atoms with Gasteiger partial charge in [-0.1, -0.05) is 42.0 Å². The standard InChI is InChI=1S/C29H21N5OS/c1-20-6-8-21(9-7-20)31-32-22-10-12-23(13-11-22)33-34-29-17-16-28(26-4-2-3-5-27(26)29)30-18-24-14-15-25(19-35)36-24/h2-19H,1H3. The minimum Gasteiger partial charge on any atom is -0.297 e. The van der Waals surface area contributed by atoms with Crippen molar-refractivity contribution in [2.24, 2.45) is 25.4 Å². The Kier molecular flexibility index (Phi) is 6.91. The van der Waals surface area contributed by atoms with E-state index in [-0.39, 0.29) is 0 Å². The maximum absolute atomic E-state index is 10.9. The van der Waals surface area contributed by atoms with E-state index in [4.69, 9.17) is 0 Å². The predicted molar refractivity (Wildman–Crippen MR) is 147 cm³/mol. The van der Waals surface area contributed by atoms with Crippen molar-refractivity contribution in [3.05, 3.63) is 112 Å². The SMILES string of the molecule is Cc1ccc(N=Nc2ccc(N=Nc3ccc(N=Cc4ccc(C=O)s4)c4ccccc34)cc2)cc1. The van der Waals surface area contributed by atoms with E-state index < -0.39 is 0 Å². The Morgan fingerprint density at radius 2 is 1.11 bits per heavy atom. The number of hydrogen-bond donors (Lipinski definition) is 0. The summed E-state index contributed by atoms with van der Waals surface area (Å²) in [4.78, 5) is 17.2. The zero-order valence-electron chi connectivity index (χ0n) is 19.4. The van der Waals surface area contributed by atoms with Gasteiger partial charge in [-0.05, 0) is 67.6 Å². The lowest BCUT2D eigenvalue weighted by Crippen LogP contribution is -1.77. The molecule has 0 spiro atoms. The average molecular weight is 488 g/mol. The molecule has 0 N–H and O–H groups in total. The lowest BCUT2D eigenvalue weighted by atomic mass is 10.1. The molecule has 0 unspecified atom stereocenters. The highest BCUT2D eigenvalue weighted by Gasteiger charge is 2.05. The van der Waals surface area contributed by atoms with Gasteiger partial charge in [0.25, 0.3) is 0 Å². The first-order valence-electron chi connectivity index (χ1n) is 11.3. The van der Waals surface area contributed by atoms with Gasteiger partial charge in [-0.3, -0.25) is 9.79 Å². The molecule has 0 aliphatic rings. The van der Waals surface area contributed by atoms with Crippen molar-refractivity contribution in [1.82, 2.24) is 0 Å². The molecule has 0 fully saturated rings. The fraction of sp³-hybridized carbons (Fsp3) is 0.0345. The molecule has 0 radical (unpaired) electrons. The van der Waals surface area contributed by atoms with Gasteiger partial charge in [0.2, 0.25) is 0 Å². The van der Waals surface area contributed by atoms with E-state index in [1.165, 1.54) is 16.9 Å². The third-order valence-corrected chi connectivity index (χ3v) is 6.36. The Balaban J connectivity index is 1.34. The summed E-state index contributed by atoms with van der Waals surface area (Å²) in [5.41, 5.74) is 5.05. The normalized spacial score (nSPS) is 11.8. The summed E-state index contributed by atoms with van der Waals surface area (Å²) in [6.07, 6.45) is 2.62. The van der Waals surface area contributed by atoms with Crippen molar-refractivity contribution in [2.75, 3.05) is 0 Å². The zero-order chi connectivity index (χ0) is 24.7. The van der Waals surface area contributed by atoms with E-state index in [2.05, 4.69) is 25.4 Å². The molecule has 0 aliphatic carbocycles. The van der Waals surface area contributed by atoms with Crippen LogP contribution in [0.25, 0.3) is 10.8 Å². The van der Waals surface area contributed by atoms with Crippen molar-refractivity contribution < 1.29 is 4.79 Å². The van der Waals surface area contributed by atoms with Crippen LogP contribution in [0.1, 0.15) is 20.1 Å². The van der Waals surface area contributed by atoms with Crippen LogP contribution in [0.5, 0.6) is 0 Å². The second-order valence-corrected chi connectivity index (χ2v) is 9.16. The van der Waals surface area contributed by atoms with E-state index in [0.29, 0.717) is 4.88 Å². The Morgan fingerprint density at radius 3 is 1.72 bits per heavy atom. The number of aliphatic imine (C=N–C) groups is 1. The number of hydrogen-bond acceptors (Lipinski definition) is 7. The number of carbonyl (C=O) groups excluding carboxylic acids is 1. The van der Waals surface area contributed by atoms with Gasteiger partial charge in [0.15, 0.2) is 6.29 Å². The lowest BCUT2D eigenvalue weighted by molar-refractivity contribution is 0.112. The van der Waals surface area contributed by atoms with E-state index in [1.807, 2.05) is 97.9 Å². The Morgan fingerprint density at radius 1 is 0.583 bits per heavy atom. The van der Waals surface area contributed by atoms with Gasteiger partial charge in [0.1, 0.15) is 0 Å². The molecule has 4 aromatic carbocycles. The monoisotopic (exact) mass is 487 g/mol. The van der Waals surface area contributed by atoms with Crippen LogP contribution in [-0.2, 0) is 0 Å². The van der Waals surface area contributed by atoms with Crippen molar-refractivity contribution in [2.45, 2.75) is 6.92 Å². The van der Waals surface area contributed by atoms with Crippen molar-refractivity contribution >= 4 is 63.0 Å². The fourth-order valence-electron chi connectivity index (χ4n) is 3.53. The number of fused-ring (bicyclic) bond motifs is 1. The van der Waals surface area contributed by atoms with E-state index in [1.54, 1.807) is 12.3 Å². The molecule has 0 aliphatic heterocycles. The van der Waals surface area contributed by atoms with Gasteiger partial charge in [-0.15, -0.1) is 16.5 Å². The highest BCUT2D eigenvalue weighted by atomic mass is 32.1. The molecule has 1 aromatic heterocycles. The number of nitrogens with zero attached hydrogens (tertiary/aromatic N) is 5. The van der Waals surface area contributed by atoms with Crippen LogP contribution in [0, 0.1) is 6.92 Å². The van der Waals surface area contributed by atoms with Gasteiger partial charge >= 0.3 is 0 Å². The first kappa shape index (κ1) is 23.1. The highest BCUT2D eigenvalue weighted by molar-refractivity contribution is 7.15. The van der Waals surface area contributed by atoms with Gasteiger partial charge in [0.05, 0.1) is 33.3 Å². The molecule has 5 aromatic rings. The molecule has 0 saturated heterocycles. The first-order chi connectivity index (χ1) is 17.7. The number of azo groups is 2. The summed E-state index contributed by atoms with van der Waals surface area (Å²) < 4.78 is 0. The van der Waals surface area contributed by atoms with E-state index in [0.717, 1.165) is 50.4 Å². The quantitative estimate of drug-likeness (QED) is 0.128. The topological polar surface area (TPSA) is 78.9 Å². The third-order valence-electron chi connectivity index (χ3n) is 5.41. The maximum Gasteiger partial charge on any atom is 0.160 e. The largest absolute Gasteiger partial charge is 0.297 e. The number of aryl methyl sites for hydroxylation is 1. The van der Waals surface area contributed by atoms with E-state index in [9.17, 15) is 4.79 Å². The van der Waals surface area contributed by atoms with Gasteiger partial charge in [-0.25, -0.2) is 0 Å². The minimum absolute atomic E-state index is 0.680. The van der Waals surface area contributed by atoms with Crippen LogP contribution < -0.4 is 0 Å². The number of aldehydes is 1. The molecule has 36 heavy (non-hydrogen) atoms. The second-order valence-electron chi connectivity index (χ2n) is 8.02. The smallest absolute Gasteiger partial charge is 0.160 e. The van der Waals surface area contributed by atoms with Crippen LogP contribution >= 0.6 is 11.3 Å². The van der Waals surface area contributed by atoms with Gasteiger partial charge < -0.3 is 0 Å². The molecular weight excluding hydrogens is 466 g/mol. The molecule has 0 saturated carbocycles. The number of thiophene rings is 1. The Hall–Kier alpha value is -4.62. The fourth-order valence-corrected chi connectivity index (χ4v) is 4.22. The van der Waals surface area contributed by atoms with Crippen molar-refractivity contribution in [3.63, 3.8) is 0 Å². The minimum atomic E-state index is 0.680. The van der Waals surface area contributed by atoms with Crippen LogP contribution in [-0.4, -0.2) is 12.5 Å². The molecule has 1 heterocycles. The number of carbonyl (C=O) groups is 1. The second kappa shape index (κ2) is 10.8. The zero-order valence-corrected chi connectivity index (χ0v) is 20.3. The van der Waals surface area contributed by atoms with Gasteiger partial charge in [-0.2, -0.15) is 15.3 Å². The molecule has 5 rings (SSSR count). The molecule has 0 bridgehead atoms. The average Bonchev–Trinajstić information content (AvgIpc) is 3.39. The summed E-state index contributed by atoms with van der Waals surface area (Å²) in [6, 6.07) is 30.8. The molecule has 174 valence electrons. The number of rotatable bonds is 7. The summed E-state index contributed by atoms with van der Waals surface area (Å²) in [6.45, 7) is 2.04. The summed E-state index contributed by atoms with van der Waals surface area (Å²) in [5.74, 6) is 0. The van der Waals surface area contributed by atoms with E-state index >= 15 is 0 Å². The molecular formula is C29H21N5OS. The molecule has 7 heteroatoms. The van der Waals surface area contributed by atoms with Crippen molar-refractivity contribution in [3.8, 4) is 0 Å². The number of benzene rings is 4. The van der Waals surface area contributed by atoms with Crippen molar-refractivity contribution in [1.29, 1.82) is 0 Å². The Labute approximate surface area is 212 Å². The summed E-state index contributed by atoms with van der Waals surface area (Å²) >= 11 is 1.41. The third kappa shape index (κ3) is 5.54. The molecule has 0 amide bonds. The lowest BCUT2D eigenvalue weighted by Gasteiger charge is -2.04. The summed E-state index contributed by atoms with van der Waals surface area (Å²) in [5, 5.41) is 19.4. The highest BCUT2D eigenvalue weighted by Crippen LogP contribution is 2.34. The van der Waals surface area contributed by atoms with Crippen LogP contribution in [0.15, 0.2) is 123 Å². The van der Waals surface area contributed by atoms with Gasteiger partial charge in [0, 0.05) is 21.9 Å². The molecule has 0 atom stereocenters. The van der Waals surface area contributed by atoms with Crippen LogP contribution in [0.2, 0.25) is 0 Å². The predicted octanol–water partition coefficient (Wildman–Crippen LogP) is 9.60. The Bertz CT molecular complexity index is 1600. The van der Waals surface area contributed by atoms with Crippen LogP contribution in [0.3, 0.4) is 0 Å². The summed E-state index contributed by atoms with van der Waals surface area (Å²) in [7, 11) is 0. The molecule has 6 nitrogen and oxygen atoms in total. The first-order valence-corrected chi connectivity index (χ1v) is 12.1.